The molecule has 6 rings (SSSR count). The topological polar surface area (TPSA) is 69.1 Å². The lowest BCUT2D eigenvalue weighted by Gasteiger charge is -2.62. The van der Waals surface area contributed by atoms with Crippen molar-refractivity contribution in [3.8, 4) is 0 Å². The normalized spacial score (nSPS) is 45.2. The second kappa shape index (κ2) is 9.52. The van der Waals surface area contributed by atoms with E-state index in [1.54, 1.807) is 6.07 Å². The smallest absolute Gasteiger partial charge is 0.166 e. The van der Waals surface area contributed by atoms with Gasteiger partial charge in [-0.25, -0.2) is 0 Å². The van der Waals surface area contributed by atoms with Gasteiger partial charge >= 0.3 is 0 Å². The molecule has 216 valence electrons. The highest BCUT2D eigenvalue weighted by molar-refractivity contribution is 6.02. The largest absolute Gasteiger partial charge is 0.399 e. The van der Waals surface area contributed by atoms with Crippen LogP contribution in [0.4, 0.5) is 11.4 Å². The van der Waals surface area contributed by atoms with Crippen molar-refractivity contribution in [2.24, 2.45) is 69.5 Å². The van der Waals surface area contributed by atoms with Crippen molar-refractivity contribution in [1.82, 2.24) is 0 Å². The molecular formula is C36H56N2O. The Hall–Kier alpha value is -1.51. The second-order valence-electron chi connectivity index (χ2n) is 16.3. The van der Waals surface area contributed by atoms with E-state index in [9.17, 15) is 4.79 Å². The Kier molecular flexibility index (Phi) is 6.75. The monoisotopic (exact) mass is 532 g/mol. The van der Waals surface area contributed by atoms with E-state index in [4.69, 9.17) is 11.5 Å². The number of nitrogen functional groups attached to an aromatic ring is 2. The number of carbonyl (C=O) groups excluding carboxylic acids is 1. The van der Waals surface area contributed by atoms with Crippen molar-refractivity contribution in [1.29, 1.82) is 0 Å². The lowest BCUT2D eigenvalue weighted by Crippen LogP contribution is -2.55. The third-order valence-corrected chi connectivity index (χ3v) is 14.1. The first-order valence-corrected chi connectivity index (χ1v) is 16.6. The van der Waals surface area contributed by atoms with E-state index in [1.165, 1.54) is 70.6 Å². The van der Waals surface area contributed by atoms with Gasteiger partial charge in [0.25, 0.3) is 0 Å². The second-order valence-corrected chi connectivity index (χ2v) is 16.3. The van der Waals surface area contributed by atoms with E-state index in [2.05, 4.69) is 41.5 Å². The number of benzene rings is 1. The van der Waals surface area contributed by atoms with Crippen molar-refractivity contribution in [3.05, 3.63) is 23.8 Å². The maximum absolute atomic E-state index is 13.8. The molecule has 1 aromatic rings. The van der Waals surface area contributed by atoms with Crippen LogP contribution < -0.4 is 11.5 Å². The van der Waals surface area contributed by atoms with Gasteiger partial charge in [-0.2, -0.15) is 0 Å². The van der Waals surface area contributed by atoms with Crippen LogP contribution in [0.15, 0.2) is 18.2 Å². The molecule has 39 heavy (non-hydrogen) atoms. The Labute approximate surface area is 238 Å². The van der Waals surface area contributed by atoms with Gasteiger partial charge in [-0.1, -0.05) is 60.8 Å². The van der Waals surface area contributed by atoms with E-state index >= 15 is 0 Å². The van der Waals surface area contributed by atoms with E-state index in [0.29, 0.717) is 39.8 Å². The highest BCUT2D eigenvalue weighted by Crippen LogP contribution is 2.79. The van der Waals surface area contributed by atoms with Crippen molar-refractivity contribution in [2.45, 2.75) is 112 Å². The van der Waals surface area contributed by atoms with E-state index in [0.717, 1.165) is 41.1 Å². The number of rotatable bonds is 7. The molecule has 4 N–H and O–H groups in total. The third kappa shape index (κ3) is 4.13. The maximum Gasteiger partial charge on any atom is 0.166 e. The average Bonchev–Trinajstić information content (AvgIpc) is 3.31. The van der Waals surface area contributed by atoms with Gasteiger partial charge in [0.15, 0.2) is 5.78 Å². The van der Waals surface area contributed by atoms with Crippen LogP contribution in [0.3, 0.4) is 0 Å². The molecule has 5 aliphatic carbocycles. The number of carbonyl (C=O) groups is 1. The predicted molar refractivity (Wildman–Crippen MR) is 163 cm³/mol. The van der Waals surface area contributed by atoms with Crippen LogP contribution in [0.1, 0.15) is 123 Å². The lowest BCUT2D eigenvalue weighted by molar-refractivity contribution is -0.131. The summed E-state index contributed by atoms with van der Waals surface area (Å²) in [4.78, 5) is 13.8. The van der Waals surface area contributed by atoms with Crippen LogP contribution in [0.5, 0.6) is 0 Å². The van der Waals surface area contributed by atoms with Crippen LogP contribution >= 0.6 is 0 Å². The molecule has 0 spiro atoms. The molecule has 5 fully saturated rings. The Bertz CT molecular complexity index is 1090. The molecule has 3 nitrogen and oxygen atoms in total. The molecule has 5 saturated carbocycles. The predicted octanol–water partition coefficient (Wildman–Crippen LogP) is 9.02. The van der Waals surface area contributed by atoms with Gasteiger partial charge in [0.2, 0.25) is 0 Å². The van der Waals surface area contributed by atoms with Gasteiger partial charge in [0, 0.05) is 22.9 Å². The summed E-state index contributed by atoms with van der Waals surface area (Å²) in [6.07, 6.45) is 15.3. The van der Waals surface area contributed by atoms with Crippen molar-refractivity contribution < 1.29 is 4.79 Å². The SMILES string of the molecule is CC(C)CCCC(C)C1CCC2C3CCC4C(C)(CCC5C(C(=O)c6cc(N)cc(N)c6)C54C)C3CCC12C. The first kappa shape index (κ1) is 27.6. The molecule has 0 bridgehead atoms. The number of ketones is 1. The molecule has 0 aliphatic heterocycles. The summed E-state index contributed by atoms with van der Waals surface area (Å²) in [5.74, 6) is 6.96. The zero-order chi connectivity index (χ0) is 27.9. The summed E-state index contributed by atoms with van der Waals surface area (Å²) in [7, 11) is 0. The van der Waals surface area contributed by atoms with E-state index in [1.807, 2.05) is 12.1 Å². The number of fused-ring (bicyclic) bond motifs is 7. The zero-order valence-corrected chi connectivity index (χ0v) is 25.8. The molecule has 0 aromatic heterocycles. The fourth-order valence-corrected chi connectivity index (χ4v) is 12.4. The summed E-state index contributed by atoms with van der Waals surface area (Å²) >= 11 is 0. The molecule has 0 saturated heterocycles. The molecule has 3 heteroatoms. The van der Waals surface area contributed by atoms with Gasteiger partial charge in [0.1, 0.15) is 0 Å². The molecule has 0 amide bonds. The number of Topliss-reactive ketones (excluding diaryl/α,β-unsaturated/α-hetero) is 1. The van der Waals surface area contributed by atoms with Crippen LogP contribution in [-0.2, 0) is 0 Å². The molecule has 5 aliphatic rings. The van der Waals surface area contributed by atoms with Crippen molar-refractivity contribution in [3.63, 3.8) is 0 Å². The summed E-state index contributed by atoms with van der Waals surface area (Å²) in [5.41, 5.74) is 15.2. The van der Waals surface area contributed by atoms with E-state index < -0.39 is 0 Å². The van der Waals surface area contributed by atoms with Crippen LogP contribution in [-0.4, -0.2) is 5.78 Å². The summed E-state index contributed by atoms with van der Waals surface area (Å²) in [6, 6.07) is 5.46. The zero-order valence-electron chi connectivity index (χ0n) is 25.8. The highest BCUT2D eigenvalue weighted by atomic mass is 16.1. The third-order valence-electron chi connectivity index (χ3n) is 14.1. The summed E-state index contributed by atoms with van der Waals surface area (Å²) < 4.78 is 0. The minimum atomic E-state index is 0.151. The van der Waals surface area contributed by atoms with Crippen LogP contribution in [0, 0.1) is 69.5 Å². The fourth-order valence-electron chi connectivity index (χ4n) is 12.4. The van der Waals surface area contributed by atoms with Crippen LogP contribution in [0.2, 0.25) is 0 Å². The molecule has 11 unspecified atom stereocenters. The van der Waals surface area contributed by atoms with Gasteiger partial charge < -0.3 is 11.5 Å². The maximum atomic E-state index is 13.8. The average molecular weight is 533 g/mol. The fraction of sp³-hybridized carbons (Fsp3) is 0.806. The molecular weight excluding hydrogens is 476 g/mol. The minimum absolute atomic E-state index is 0.151. The van der Waals surface area contributed by atoms with E-state index in [-0.39, 0.29) is 11.3 Å². The Morgan fingerprint density at radius 2 is 1.46 bits per heavy atom. The standard InChI is InChI=1S/C36H56N2O/c1-21(2)8-7-9-22(3)27-11-12-28-26-10-13-31-35(5,29(26)14-16-34(27,28)4)17-15-30-32(36(30,31)6)33(39)23-18-24(37)20-25(38)19-23/h18-22,26-32H,7-17,37-38H2,1-6H3. The highest BCUT2D eigenvalue weighted by Gasteiger charge is 2.74. The van der Waals surface area contributed by atoms with Crippen molar-refractivity contribution >= 4 is 17.2 Å². The number of hydrogen-bond acceptors (Lipinski definition) is 3. The first-order chi connectivity index (χ1) is 18.4. The quantitative estimate of drug-likeness (QED) is 0.272. The molecule has 0 heterocycles. The molecule has 11 atom stereocenters. The van der Waals surface area contributed by atoms with Gasteiger partial charge in [-0.15, -0.1) is 0 Å². The van der Waals surface area contributed by atoms with Gasteiger partial charge in [-0.05, 0) is 133 Å². The Balaban J connectivity index is 1.19. The lowest BCUT2D eigenvalue weighted by atomic mass is 9.43. The molecule has 1 aromatic carbocycles. The Morgan fingerprint density at radius 1 is 0.821 bits per heavy atom. The van der Waals surface area contributed by atoms with Gasteiger partial charge in [-0.3, -0.25) is 4.79 Å². The first-order valence-electron chi connectivity index (χ1n) is 16.6. The number of nitrogens with two attached hydrogens (primary N) is 2. The minimum Gasteiger partial charge on any atom is -0.399 e. The van der Waals surface area contributed by atoms with Crippen LogP contribution in [0.25, 0.3) is 0 Å². The number of anilines is 2. The van der Waals surface area contributed by atoms with Gasteiger partial charge in [0.05, 0.1) is 0 Å². The summed E-state index contributed by atoms with van der Waals surface area (Å²) in [6.45, 7) is 15.2. The molecule has 0 radical (unpaired) electrons. The Morgan fingerprint density at radius 3 is 2.15 bits per heavy atom. The summed E-state index contributed by atoms with van der Waals surface area (Å²) in [5, 5.41) is 0. The number of hydrogen-bond donors (Lipinski definition) is 2. The van der Waals surface area contributed by atoms with Crippen molar-refractivity contribution in [2.75, 3.05) is 11.5 Å².